The van der Waals surface area contributed by atoms with Crippen LogP contribution >= 0.6 is 12.4 Å². The van der Waals surface area contributed by atoms with E-state index in [-0.39, 0.29) is 18.5 Å². The van der Waals surface area contributed by atoms with Crippen LogP contribution in [0.25, 0.3) is 11.3 Å². The molecular formula is C24H30ClN7O2. The second kappa shape index (κ2) is 10.4. The van der Waals surface area contributed by atoms with Crippen LogP contribution in [-0.4, -0.2) is 75.0 Å². The van der Waals surface area contributed by atoms with Gasteiger partial charge in [-0.2, -0.15) is 5.10 Å². The summed E-state index contributed by atoms with van der Waals surface area (Å²) in [6.45, 7) is 8.45. The van der Waals surface area contributed by atoms with Crippen LogP contribution in [-0.2, 0) is 24.9 Å². The van der Waals surface area contributed by atoms with Gasteiger partial charge in [-0.3, -0.25) is 14.6 Å². The molecule has 1 amide bonds. The number of hydrogen-bond donors (Lipinski definition) is 0. The summed E-state index contributed by atoms with van der Waals surface area (Å²) < 4.78 is 6.95. The Morgan fingerprint density at radius 2 is 1.71 bits per heavy atom. The number of piperazine rings is 1. The third kappa shape index (κ3) is 5.00. The van der Waals surface area contributed by atoms with E-state index in [1.807, 2.05) is 30.1 Å². The van der Waals surface area contributed by atoms with Crippen LogP contribution < -0.4 is 4.90 Å². The monoisotopic (exact) mass is 483 g/mol. The molecule has 0 aliphatic carbocycles. The Labute approximate surface area is 205 Å². The quantitative estimate of drug-likeness (QED) is 0.533. The number of cyclic esters (lactones) is 1. The van der Waals surface area contributed by atoms with Gasteiger partial charge in [0.2, 0.25) is 0 Å². The third-order valence-corrected chi connectivity index (χ3v) is 6.53. The molecule has 0 spiro atoms. The van der Waals surface area contributed by atoms with Crippen molar-refractivity contribution in [3.8, 4) is 11.3 Å². The van der Waals surface area contributed by atoms with Crippen LogP contribution in [0.4, 0.5) is 10.6 Å². The number of benzene rings is 1. The number of halogens is 1. The number of hydrogen-bond acceptors (Lipinski definition) is 7. The molecule has 9 nitrogen and oxygen atoms in total. The molecule has 2 saturated heterocycles. The Morgan fingerprint density at radius 3 is 2.35 bits per heavy atom. The molecule has 10 heteroatoms. The molecule has 0 saturated carbocycles. The summed E-state index contributed by atoms with van der Waals surface area (Å²) in [5, 5.41) is 4.36. The average Bonchev–Trinajstić information content (AvgIpc) is 3.40. The molecule has 0 atom stereocenters. The van der Waals surface area contributed by atoms with E-state index in [0.717, 1.165) is 55.4 Å². The first kappa shape index (κ1) is 24.0. The van der Waals surface area contributed by atoms with E-state index in [4.69, 9.17) is 4.74 Å². The average molecular weight is 484 g/mol. The number of rotatable bonds is 6. The zero-order valence-electron chi connectivity index (χ0n) is 19.6. The van der Waals surface area contributed by atoms with Crippen molar-refractivity contribution >= 4 is 24.3 Å². The minimum Gasteiger partial charge on any atom is -0.448 e. The summed E-state index contributed by atoms with van der Waals surface area (Å²) in [5.74, 6) is 0.922. The van der Waals surface area contributed by atoms with Crippen molar-refractivity contribution in [2.45, 2.75) is 20.0 Å². The summed E-state index contributed by atoms with van der Waals surface area (Å²) in [7, 11) is 1.99. The molecule has 2 aromatic heterocycles. The molecule has 4 heterocycles. The highest BCUT2D eigenvalue weighted by Gasteiger charge is 2.23. The predicted molar refractivity (Wildman–Crippen MR) is 132 cm³/mol. The van der Waals surface area contributed by atoms with Crippen molar-refractivity contribution in [2.75, 3.05) is 44.2 Å². The van der Waals surface area contributed by atoms with Gasteiger partial charge in [-0.25, -0.2) is 9.78 Å². The summed E-state index contributed by atoms with van der Waals surface area (Å²) in [6.07, 6.45) is 5.23. The van der Waals surface area contributed by atoms with Gasteiger partial charge in [0, 0.05) is 75.5 Å². The Kier molecular flexibility index (Phi) is 7.33. The zero-order chi connectivity index (χ0) is 22.8. The Hall–Kier alpha value is -3.17. The summed E-state index contributed by atoms with van der Waals surface area (Å²) in [5.41, 5.74) is 5.50. The lowest BCUT2D eigenvalue weighted by Crippen LogP contribution is -2.46. The lowest BCUT2D eigenvalue weighted by molar-refractivity contribution is 0.157. The Bertz CT molecular complexity index is 1130. The highest BCUT2D eigenvalue weighted by molar-refractivity contribution is 5.85. The van der Waals surface area contributed by atoms with Crippen LogP contribution in [0.5, 0.6) is 0 Å². The van der Waals surface area contributed by atoms with Crippen LogP contribution in [0.1, 0.15) is 16.8 Å². The molecule has 0 N–H and O–H groups in total. The van der Waals surface area contributed by atoms with E-state index >= 15 is 0 Å². The van der Waals surface area contributed by atoms with Gasteiger partial charge >= 0.3 is 6.09 Å². The highest BCUT2D eigenvalue weighted by atomic mass is 35.5. The number of anilines is 1. The molecule has 3 aromatic rings. The maximum atomic E-state index is 11.7. The number of ether oxygens (including phenoxy) is 1. The van der Waals surface area contributed by atoms with Gasteiger partial charge in [0.05, 0.1) is 12.7 Å². The van der Waals surface area contributed by atoms with Gasteiger partial charge in [-0.15, -0.1) is 12.4 Å². The maximum absolute atomic E-state index is 11.7. The van der Waals surface area contributed by atoms with E-state index in [2.05, 4.69) is 43.9 Å². The van der Waals surface area contributed by atoms with E-state index in [9.17, 15) is 4.79 Å². The predicted octanol–water partition coefficient (Wildman–Crippen LogP) is 2.88. The van der Waals surface area contributed by atoms with Crippen LogP contribution in [0.3, 0.4) is 0 Å². The van der Waals surface area contributed by atoms with Crippen LogP contribution in [0.15, 0.2) is 42.9 Å². The van der Waals surface area contributed by atoms with Gasteiger partial charge in [0.1, 0.15) is 12.3 Å². The van der Waals surface area contributed by atoms with Crippen molar-refractivity contribution in [1.82, 2.24) is 29.5 Å². The highest BCUT2D eigenvalue weighted by Crippen LogP contribution is 2.28. The molecule has 34 heavy (non-hydrogen) atoms. The van der Waals surface area contributed by atoms with Crippen molar-refractivity contribution in [3.63, 3.8) is 0 Å². The lowest BCUT2D eigenvalue weighted by atomic mass is 10.1. The minimum absolute atomic E-state index is 0. The number of carbonyl (C=O) groups excluding carboxylic acids is 1. The Morgan fingerprint density at radius 1 is 0.971 bits per heavy atom. The molecule has 2 fully saturated rings. The molecule has 1 aromatic carbocycles. The smallest absolute Gasteiger partial charge is 0.410 e. The first-order chi connectivity index (χ1) is 16.1. The minimum atomic E-state index is -0.242. The molecule has 180 valence electrons. The fourth-order valence-corrected chi connectivity index (χ4v) is 4.38. The zero-order valence-corrected chi connectivity index (χ0v) is 20.4. The second-order valence-corrected chi connectivity index (χ2v) is 8.60. The van der Waals surface area contributed by atoms with Crippen molar-refractivity contribution in [2.24, 2.45) is 7.05 Å². The number of carbonyl (C=O) groups is 1. The molecule has 5 rings (SSSR count). The van der Waals surface area contributed by atoms with Crippen LogP contribution in [0.2, 0.25) is 0 Å². The first-order valence-electron chi connectivity index (χ1n) is 11.4. The normalized spacial score (nSPS) is 16.5. The third-order valence-electron chi connectivity index (χ3n) is 6.53. The van der Waals surface area contributed by atoms with E-state index in [0.29, 0.717) is 19.7 Å². The first-order valence-corrected chi connectivity index (χ1v) is 11.4. The van der Waals surface area contributed by atoms with Gasteiger partial charge in [-0.1, -0.05) is 24.3 Å². The molecule has 2 aliphatic heterocycles. The topological polar surface area (TPSA) is 79.6 Å². The van der Waals surface area contributed by atoms with E-state index < -0.39 is 0 Å². The SMILES string of the molecule is Cc1c(CN2CCN(c3nccnc3-c3ccc(CN4CCOC4=O)cc3)CC2)cnn1C.Cl. The molecule has 0 unspecified atom stereocenters. The number of aromatic nitrogens is 4. The van der Waals surface area contributed by atoms with Crippen molar-refractivity contribution in [1.29, 1.82) is 0 Å². The molecular weight excluding hydrogens is 454 g/mol. The number of aryl methyl sites for hydroxylation is 1. The largest absolute Gasteiger partial charge is 0.448 e. The summed E-state index contributed by atoms with van der Waals surface area (Å²) >= 11 is 0. The molecule has 0 bridgehead atoms. The molecule has 0 radical (unpaired) electrons. The van der Waals surface area contributed by atoms with Gasteiger partial charge in [0.25, 0.3) is 0 Å². The van der Waals surface area contributed by atoms with E-state index in [1.165, 1.54) is 11.3 Å². The number of nitrogens with zero attached hydrogens (tertiary/aromatic N) is 7. The van der Waals surface area contributed by atoms with Crippen LogP contribution in [0, 0.1) is 6.92 Å². The summed E-state index contributed by atoms with van der Waals surface area (Å²) in [6, 6.07) is 8.22. The van der Waals surface area contributed by atoms with E-state index in [1.54, 1.807) is 17.3 Å². The summed E-state index contributed by atoms with van der Waals surface area (Å²) in [4.78, 5) is 27.5. The van der Waals surface area contributed by atoms with Gasteiger partial charge in [-0.05, 0) is 12.5 Å². The van der Waals surface area contributed by atoms with Gasteiger partial charge in [0.15, 0.2) is 5.82 Å². The fourth-order valence-electron chi connectivity index (χ4n) is 4.38. The maximum Gasteiger partial charge on any atom is 0.410 e. The standard InChI is InChI=1S/C24H29N7O2.ClH/c1-18-21(15-27-28(18)2)17-29-9-11-30(12-10-29)23-22(25-7-8-26-23)20-5-3-19(4-6-20)16-31-13-14-33-24(31)32;/h3-8,15H,9-14,16-17H2,1-2H3;1H. The number of amides is 1. The van der Waals surface area contributed by atoms with Gasteiger partial charge < -0.3 is 14.5 Å². The fraction of sp³-hybridized carbons (Fsp3) is 0.417. The second-order valence-electron chi connectivity index (χ2n) is 8.60. The molecule has 2 aliphatic rings. The van der Waals surface area contributed by atoms with Crippen molar-refractivity contribution < 1.29 is 9.53 Å². The van der Waals surface area contributed by atoms with Crippen molar-refractivity contribution in [3.05, 3.63) is 59.7 Å². The lowest BCUT2D eigenvalue weighted by Gasteiger charge is -2.35. The Balaban J connectivity index is 0.00000274.